The maximum absolute atomic E-state index is 10.1. The van der Waals surface area contributed by atoms with Crippen molar-refractivity contribution in [1.82, 2.24) is 0 Å². The average molecular weight is 733 g/mol. The maximum Gasteiger partial charge on any atom is 4.00 e. The van der Waals surface area contributed by atoms with Crippen LogP contribution in [0.1, 0.15) is 128 Å². The SMILES string of the molecule is CC(C)(C)c1cc(C=[N-])c(O)c(C(C)(C)C)c1.CC(C)(C)c1cc(C=[N-])c(O)c(C(C)(C)C)c1.Cl.[Cr+4].c1ccc([CH-][CH-]c2ccccc2)cc1. The normalized spacial score (nSPS) is 11.2. The number of rotatable bonds is 5. The van der Waals surface area contributed by atoms with Crippen molar-refractivity contribution in [3.63, 3.8) is 0 Å². The molecule has 0 spiro atoms. The fraction of sp³-hybridized carbons (Fsp3) is 0.364. The average Bonchev–Trinajstić information content (AvgIpc) is 2.99. The first-order valence-electron chi connectivity index (χ1n) is 16.6. The van der Waals surface area contributed by atoms with Crippen molar-refractivity contribution >= 4 is 24.8 Å². The van der Waals surface area contributed by atoms with Gasteiger partial charge >= 0.3 is 17.4 Å². The summed E-state index contributed by atoms with van der Waals surface area (Å²) in [7, 11) is 0. The molecule has 0 saturated heterocycles. The third-order valence-electron chi connectivity index (χ3n) is 7.97. The maximum atomic E-state index is 10.1. The summed E-state index contributed by atoms with van der Waals surface area (Å²) in [4.78, 5) is 0. The Bertz CT molecular complexity index is 1520. The first-order chi connectivity index (χ1) is 22.1. The van der Waals surface area contributed by atoms with Crippen LogP contribution in [-0.4, -0.2) is 22.6 Å². The summed E-state index contributed by atoms with van der Waals surface area (Å²) in [5.74, 6) is 0.348. The zero-order chi connectivity index (χ0) is 36.5. The van der Waals surface area contributed by atoms with Crippen LogP contribution in [-0.2, 0) is 39.0 Å². The molecule has 2 N–H and O–H groups in total. The van der Waals surface area contributed by atoms with Crippen LogP contribution in [0.25, 0.3) is 10.8 Å². The molecule has 0 aliphatic rings. The summed E-state index contributed by atoms with van der Waals surface area (Å²) in [6, 6.07) is 28.4. The minimum atomic E-state index is -0.150. The van der Waals surface area contributed by atoms with Gasteiger partial charge in [-0.3, -0.25) is 0 Å². The molecular weight excluding hydrogens is 676 g/mol. The Balaban J connectivity index is 0.000000709. The second-order valence-electron chi connectivity index (χ2n) is 16.3. The standard InChI is InChI=1S/2C15H22NO.C14H12.ClH.Cr/c2*1-14(2,3)11-7-10(9-16)13(17)12(8-11)15(4,5)6;1-3-7-13(8-4-1)11-12-14-9-5-2-6-10-14;;/h2*7-9,17H,1-6H3;1-12H;1H;/q2*-1;-2;;+4. The van der Waals surface area contributed by atoms with Crippen LogP contribution in [0.15, 0.2) is 84.9 Å². The molecule has 4 rings (SSSR count). The van der Waals surface area contributed by atoms with Gasteiger partial charge in [-0.05, 0) is 56.0 Å². The summed E-state index contributed by atoms with van der Waals surface area (Å²) in [6.07, 6.45) is 6.18. The summed E-state index contributed by atoms with van der Waals surface area (Å²) in [6.45, 7) is 25.0. The molecule has 0 saturated carbocycles. The summed E-state index contributed by atoms with van der Waals surface area (Å²) in [5.41, 5.74) is 7.08. The molecule has 268 valence electrons. The minimum Gasteiger partial charge on any atom is -0.810 e. The van der Waals surface area contributed by atoms with E-state index in [2.05, 4.69) is 120 Å². The van der Waals surface area contributed by atoms with Crippen molar-refractivity contribution in [2.24, 2.45) is 0 Å². The van der Waals surface area contributed by atoms with Crippen molar-refractivity contribution in [3.05, 3.63) is 153 Å². The van der Waals surface area contributed by atoms with Gasteiger partial charge in [0.25, 0.3) is 0 Å². The summed E-state index contributed by atoms with van der Waals surface area (Å²) < 4.78 is 0. The molecule has 0 bridgehead atoms. The first-order valence-corrected chi connectivity index (χ1v) is 16.6. The largest absolute Gasteiger partial charge is 4.00 e. The summed E-state index contributed by atoms with van der Waals surface area (Å²) in [5, 5.41) is 38.7. The zero-order valence-electron chi connectivity index (χ0n) is 32.0. The second kappa shape index (κ2) is 19.1. The fourth-order valence-electron chi connectivity index (χ4n) is 4.84. The van der Waals surface area contributed by atoms with Crippen LogP contribution in [0.4, 0.5) is 0 Å². The Kier molecular flexibility index (Phi) is 17.7. The van der Waals surface area contributed by atoms with Gasteiger partial charge in [0.05, 0.1) is 0 Å². The Morgan fingerprint density at radius 3 is 0.980 bits per heavy atom. The Hall–Kier alpha value is -3.62. The van der Waals surface area contributed by atoms with Gasteiger partial charge in [-0.1, -0.05) is 107 Å². The van der Waals surface area contributed by atoms with Crippen LogP contribution in [0, 0.1) is 12.8 Å². The van der Waals surface area contributed by atoms with E-state index in [0.29, 0.717) is 11.1 Å². The molecule has 0 amide bonds. The zero-order valence-corrected chi connectivity index (χ0v) is 34.1. The summed E-state index contributed by atoms with van der Waals surface area (Å²) >= 11 is 0. The third kappa shape index (κ3) is 13.9. The predicted octanol–water partition coefficient (Wildman–Crippen LogP) is 11.9. The number of phenols is 2. The molecule has 0 unspecified atom stereocenters. The quantitative estimate of drug-likeness (QED) is 0.158. The number of hydrogen-bond donors (Lipinski definition) is 2. The van der Waals surface area contributed by atoms with E-state index in [1.807, 2.05) is 60.7 Å². The van der Waals surface area contributed by atoms with Gasteiger partial charge in [0, 0.05) is 11.1 Å². The van der Waals surface area contributed by atoms with Crippen molar-refractivity contribution in [2.75, 3.05) is 0 Å². The smallest absolute Gasteiger partial charge is 0.810 e. The van der Waals surface area contributed by atoms with Crippen LogP contribution >= 0.6 is 12.4 Å². The van der Waals surface area contributed by atoms with Crippen molar-refractivity contribution in [1.29, 1.82) is 0 Å². The number of hydrogen-bond acceptors (Lipinski definition) is 2. The molecule has 0 radical (unpaired) electrons. The molecule has 0 atom stereocenters. The molecule has 0 aromatic heterocycles. The molecule has 4 nitrogen and oxygen atoms in total. The molecular formula is C44H57ClCrN2O2. The van der Waals surface area contributed by atoms with Gasteiger partial charge in [0.1, 0.15) is 11.5 Å². The van der Waals surface area contributed by atoms with E-state index in [0.717, 1.165) is 34.7 Å². The predicted molar refractivity (Wildman–Crippen MR) is 215 cm³/mol. The number of aromatic hydroxyl groups is 2. The number of phenolic OH excluding ortho intramolecular Hbond substituents is 2. The van der Waals surface area contributed by atoms with Gasteiger partial charge in [-0.25, -0.2) is 24.0 Å². The number of nitrogens with zero attached hydrogens (tertiary/aromatic N) is 2. The molecule has 0 aliphatic carbocycles. The minimum absolute atomic E-state index is 0. The van der Waals surface area contributed by atoms with Gasteiger partial charge in [-0.2, -0.15) is 36.7 Å². The number of benzene rings is 4. The van der Waals surface area contributed by atoms with Gasteiger partial charge < -0.3 is 21.0 Å². The molecule has 0 fully saturated rings. The monoisotopic (exact) mass is 732 g/mol. The fourth-order valence-corrected chi connectivity index (χ4v) is 4.84. The van der Waals surface area contributed by atoms with Gasteiger partial charge in [0.15, 0.2) is 0 Å². The molecule has 6 heteroatoms. The van der Waals surface area contributed by atoms with Crippen LogP contribution in [0.2, 0.25) is 0 Å². The topological polar surface area (TPSA) is 85.1 Å². The van der Waals surface area contributed by atoms with E-state index >= 15 is 0 Å². The van der Waals surface area contributed by atoms with E-state index in [1.54, 1.807) is 0 Å². The number of halogens is 1. The Morgan fingerprint density at radius 1 is 0.480 bits per heavy atom. The van der Waals surface area contributed by atoms with Gasteiger partial charge in [0.2, 0.25) is 0 Å². The van der Waals surface area contributed by atoms with E-state index in [1.165, 1.54) is 11.1 Å². The van der Waals surface area contributed by atoms with E-state index < -0.39 is 0 Å². The van der Waals surface area contributed by atoms with E-state index in [9.17, 15) is 21.0 Å². The molecule has 0 heterocycles. The Labute approximate surface area is 320 Å². The van der Waals surface area contributed by atoms with Crippen molar-refractivity contribution in [3.8, 4) is 11.5 Å². The second-order valence-corrected chi connectivity index (χ2v) is 16.3. The van der Waals surface area contributed by atoms with Crippen molar-refractivity contribution < 1.29 is 27.6 Å². The van der Waals surface area contributed by atoms with Crippen LogP contribution in [0.3, 0.4) is 0 Å². The molecule has 50 heavy (non-hydrogen) atoms. The van der Waals surface area contributed by atoms with E-state index in [-0.39, 0.29) is 62.9 Å². The molecule has 4 aromatic rings. The van der Waals surface area contributed by atoms with Gasteiger partial charge in [-0.15, -0.1) is 36.7 Å². The van der Waals surface area contributed by atoms with Crippen LogP contribution < -0.4 is 0 Å². The van der Waals surface area contributed by atoms with E-state index in [4.69, 9.17) is 0 Å². The molecule has 4 aromatic carbocycles. The first kappa shape index (κ1) is 46.4. The van der Waals surface area contributed by atoms with Crippen molar-refractivity contribution in [2.45, 2.75) is 105 Å². The third-order valence-corrected chi connectivity index (χ3v) is 7.97. The Morgan fingerprint density at radius 2 is 0.760 bits per heavy atom. The molecule has 0 aliphatic heterocycles. The van der Waals surface area contributed by atoms with Crippen LogP contribution in [0.5, 0.6) is 11.5 Å².